The van der Waals surface area contributed by atoms with Crippen LogP contribution < -0.4 is 29.6 Å². The first kappa shape index (κ1) is 19.4. The summed E-state index contributed by atoms with van der Waals surface area (Å²) in [5, 5.41) is 8.34. The van der Waals surface area contributed by atoms with E-state index in [-0.39, 0.29) is 41.6 Å². The topological polar surface area (TPSA) is 68.7 Å². The first-order valence-corrected chi connectivity index (χ1v) is 4.18. The van der Waals surface area contributed by atoms with Crippen molar-refractivity contribution in [3.63, 3.8) is 0 Å². The molecular formula is C8H19NaO4. The van der Waals surface area contributed by atoms with E-state index in [1.54, 1.807) is 0 Å². The van der Waals surface area contributed by atoms with E-state index in [0.717, 1.165) is 19.4 Å². The van der Waals surface area contributed by atoms with Crippen LogP contribution >= 0.6 is 0 Å². The number of aliphatic hydroxyl groups is 1. The van der Waals surface area contributed by atoms with Crippen molar-refractivity contribution in [2.24, 2.45) is 0 Å². The summed E-state index contributed by atoms with van der Waals surface area (Å²) in [5.74, 6) is 0. The van der Waals surface area contributed by atoms with Crippen LogP contribution in [0.3, 0.4) is 0 Å². The zero-order valence-electron chi connectivity index (χ0n) is 8.66. The predicted octanol–water partition coefficient (Wildman–Crippen LogP) is -2.36. The molecule has 5 heteroatoms. The van der Waals surface area contributed by atoms with Gasteiger partial charge in [-0.05, 0) is 6.42 Å². The minimum atomic E-state index is 0. The van der Waals surface area contributed by atoms with E-state index < -0.39 is 0 Å². The molecule has 0 aliphatic carbocycles. The Hall–Kier alpha value is 0.840. The van der Waals surface area contributed by atoms with Crippen molar-refractivity contribution >= 4 is 0 Å². The van der Waals surface area contributed by atoms with Gasteiger partial charge in [0.1, 0.15) is 0 Å². The molecule has 0 aliphatic heterocycles. The fourth-order valence-corrected chi connectivity index (χ4v) is 0.633. The molecule has 0 rings (SSSR count). The van der Waals surface area contributed by atoms with Crippen molar-refractivity contribution in [1.29, 1.82) is 0 Å². The summed E-state index contributed by atoms with van der Waals surface area (Å²) in [5.41, 5.74) is 0. The quantitative estimate of drug-likeness (QED) is 0.353. The van der Waals surface area contributed by atoms with Gasteiger partial charge in [0.05, 0.1) is 26.4 Å². The zero-order valence-corrected chi connectivity index (χ0v) is 10.7. The molecule has 0 unspecified atom stereocenters. The van der Waals surface area contributed by atoms with Gasteiger partial charge in [-0.2, -0.15) is 0 Å². The van der Waals surface area contributed by atoms with Gasteiger partial charge in [0, 0.05) is 6.61 Å². The Morgan fingerprint density at radius 1 is 1.00 bits per heavy atom. The Kier molecular flexibility index (Phi) is 27.8. The molecule has 0 spiro atoms. The molecule has 0 fully saturated rings. The number of aliphatic hydroxyl groups excluding tert-OH is 1. The number of rotatable bonds is 8. The maximum absolute atomic E-state index is 8.34. The number of unbranched alkanes of at least 4 members (excludes halogenated alkanes) is 1. The Labute approximate surface area is 102 Å². The number of hydrogen-bond donors (Lipinski definition) is 1. The second-order valence-electron chi connectivity index (χ2n) is 2.30. The molecule has 0 bridgehead atoms. The second-order valence-corrected chi connectivity index (χ2v) is 2.30. The molecule has 0 aromatic heterocycles. The van der Waals surface area contributed by atoms with Crippen LogP contribution in [0.5, 0.6) is 0 Å². The zero-order chi connectivity index (χ0) is 8.36. The van der Waals surface area contributed by atoms with E-state index in [0.29, 0.717) is 19.8 Å². The van der Waals surface area contributed by atoms with Crippen LogP contribution in [0.25, 0.3) is 0 Å². The van der Waals surface area contributed by atoms with Gasteiger partial charge in [-0.15, -0.1) is 0 Å². The third-order valence-electron chi connectivity index (χ3n) is 1.25. The molecular weight excluding hydrogens is 183 g/mol. The number of ether oxygens (including phenoxy) is 2. The van der Waals surface area contributed by atoms with Gasteiger partial charge in [0.15, 0.2) is 0 Å². The molecule has 0 heterocycles. The minimum absolute atomic E-state index is 0. The Bertz CT molecular complexity index is 65.2. The van der Waals surface area contributed by atoms with E-state index in [2.05, 4.69) is 6.92 Å². The van der Waals surface area contributed by atoms with Gasteiger partial charge in [0.2, 0.25) is 0 Å². The van der Waals surface area contributed by atoms with Crippen molar-refractivity contribution in [2.45, 2.75) is 19.8 Å². The van der Waals surface area contributed by atoms with Crippen LogP contribution in [0, 0.1) is 0 Å². The van der Waals surface area contributed by atoms with Crippen molar-refractivity contribution in [3.8, 4) is 0 Å². The van der Waals surface area contributed by atoms with Crippen molar-refractivity contribution in [1.82, 2.24) is 0 Å². The van der Waals surface area contributed by atoms with Crippen LogP contribution in [0.1, 0.15) is 19.8 Å². The fourth-order valence-electron chi connectivity index (χ4n) is 0.633. The summed E-state index contributed by atoms with van der Waals surface area (Å²) in [6.07, 6.45) is 2.28. The fraction of sp³-hybridized carbons (Fsp3) is 1.00. The van der Waals surface area contributed by atoms with Crippen molar-refractivity contribution in [3.05, 3.63) is 0 Å². The summed E-state index contributed by atoms with van der Waals surface area (Å²) in [6.45, 7) is 4.68. The van der Waals surface area contributed by atoms with Crippen LogP contribution in [0.4, 0.5) is 0 Å². The van der Waals surface area contributed by atoms with Gasteiger partial charge in [-0.1, -0.05) is 13.3 Å². The van der Waals surface area contributed by atoms with Gasteiger partial charge in [-0.3, -0.25) is 0 Å². The third-order valence-corrected chi connectivity index (χ3v) is 1.25. The summed E-state index contributed by atoms with van der Waals surface area (Å²) >= 11 is 0. The summed E-state index contributed by atoms with van der Waals surface area (Å²) in [4.78, 5) is 0. The molecule has 4 nitrogen and oxygen atoms in total. The minimum Gasteiger partial charge on any atom is -0.870 e. The Morgan fingerprint density at radius 2 is 1.54 bits per heavy atom. The maximum atomic E-state index is 8.34. The molecule has 0 radical (unpaired) electrons. The normalized spacial score (nSPS) is 8.77. The summed E-state index contributed by atoms with van der Waals surface area (Å²) in [6, 6.07) is 0. The average molecular weight is 202 g/mol. The van der Waals surface area contributed by atoms with Crippen LogP contribution in [-0.2, 0) is 9.47 Å². The molecule has 2 N–H and O–H groups in total. The Balaban J connectivity index is -0.000000500. The standard InChI is InChI=1S/C8H18O3.Na.H2O/c1-2-3-5-10-7-8-11-6-4-9;;/h9H,2-8H2,1H3;;1H2/q;+1;/p-1. The van der Waals surface area contributed by atoms with E-state index in [1.807, 2.05) is 0 Å². The van der Waals surface area contributed by atoms with E-state index >= 15 is 0 Å². The first-order chi connectivity index (χ1) is 5.41. The van der Waals surface area contributed by atoms with E-state index in [4.69, 9.17) is 14.6 Å². The first-order valence-electron chi connectivity index (χ1n) is 4.18. The summed E-state index contributed by atoms with van der Waals surface area (Å²) < 4.78 is 10.2. The second kappa shape index (κ2) is 18.6. The Morgan fingerprint density at radius 3 is 2.00 bits per heavy atom. The molecule has 0 aromatic carbocycles. The van der Waals surface area contributed by atoms with Crippen molar-refractivity contribution in [2.75, 3.05) is 33.0 Å². The van der Waals surface area contributed by atoms with Gasteiger partial charge in [-0.25, -0.2) is 0 Å². The van der Waals surface area contributed by atoms with Gasteiger partial charge in [0.25, 0.3) is 0 Å². The average Bonchev–Trinajstić information content (AvgIpc) is 2.03. The van der Waals surface area contributed by atoms with Gasteiger partial charge < -0.3 is 20.1 Å². The largest absolute Gasteiger partial charge is 1.00 e. The van der Waals surface area contributed by atoms with Gasteiger partial charge >= 0.3 is 29.6 Å². The molecule has 13 heavy (non-hydrogen) atoms. The molecule has 0 aliphatic rings. The predicted molar refractivity (Wildman–Crippen MR) is 45.6 cm³/mol. The number of hydrogen-bond acceptors (Lipinski definition) is 4. The van der Waals surface area contributed by atoms with E-state index in [9.17, 15) is 0 Å². The third kappa shape index (κ3) is 19.3. The summed E-state index contributed by atoms with van der Waals surface area (Å²) in [7, 11) is 0. The smallest absolute Gasteiger partial charge is 0.870 e. The maximum Gasteiger partial charge on any atom is 1.00 e. The molecule has 0 aromatic rings. The van der Waals surface area contributed by atoms with Crippen LogP contribution in [0.2, 0.25) is 0 Å². The molecule has 0 saturated heterocycles. The molecule has 0 saturated carbocycles. The SMILES string of the molecule is CCCCOCCOCCO.[Na+].[OH-]. The molecule has 76 valence electrons. The van der Waals surface area contributed by atoms with Crippen LogP contribution in [0.15, 0.2) is 0 Å². The van der Waals surface area contributed by atoms with E-state index in [1.165, 1.54) is 0 Å². The van der Waals surface area contributed by atoms with Crippen molar-refractivity contribution < 1.29 is 49.6 Å². The molecule has 0 atom stereocenters. The molecule has 0 amide bonds. The monoisotopic (exact) mass is 202 g/mol. The van der Waals surface area contributed by atoms with Crippen LogP contribution in [-0.4, -0.2) is 43.6 Å².